The van der Waals surface area contributed by atoms with Gasteiger partial charge in [0.1, 0.15) is 5.82 Å². The Morgan fingerprint density at radius 3 is 2.52 bits per heavy atom. The largest absolute Gasteiger partial charge is 0.335 e. The van der Waals surface area contributed by atoms with Gasteiger partial charge in [-0.1, -0.05) is 12.1 Å². The monoisotopic (exact) mass is 314 g/mol. The number of likely N-dealkylation sites (N-methyl/N-ethyl adjacent to an activating group) is 1. The first-order chi connectivity index (χ1) is 9.61. The van der Waals surface area contributed by atoms with E-state index in [4.69, 9.17) is 0 Å². The summed E-state index contributed by atoms with van der Waals surface area (Å²) < 4.78 is 12.9. The maximum absolute atomic E-state index is 12.9. The van der Waals surface area contributed by atoms with Gasteiger partial charge in [0, 0.05) is 6.54 Å². The van der Waals surface area contributed by atoms with Crippen molar-refractivity contribution in [2.45, 2.75) is 32.7 Å². The van der Waals surface area contributed by atoms with Gasteiger partial charge in [-0.25, -0.2) is 4.39 Å². The van der Waals surface area contributed by atoms with Gasteiger partial charge in [-0.15, -0.1) is 12.4 Å². The van der Waals surface area contributed by atoms with E-state index in [1.54, 1.807) is 12.1 Å². The molecule has 3 nitrogen and oxygen atoms in total. The van der Waals surface area contributed by atoms with Gasteiger partial charge in [-0.3, -0.25) is 4.79 Å². The van der Waals surface area contributed by atoms with Crippen LogP contribution in [0.25, 0.3) is 0 Å². The van der Waals surface area contributed by atoms with Gasteiger partial charge in [-0.05, 0) is 56.8 Å². The fourth-order valence-corrected chi connectivity index (χ4v) is 2.39. The number of benzene rings is 1. The molecule has 1 aromatic rings. The molecule has 5 heteroatoms. The summed E-state index contributed by atoms with van der Waals surface area (Å²) in [5, 5.41) is 3.23. The van der Waals surface area contributed by atoms with Crippen LogP contribution in [0.15, 0.2) is 24.3 Å². The molecule has 1 aliphatic carbocycles. The van der Waals surface area contributed by atoms with Crippen molar-refractivity contribution in [2.75, 3.05) is 19.6 Å². The second kappa shape index (κ2) is 8.35. The Morgan fingerprint density at radius 2 is 2.00 bits per heavy atom. The van der Waals surface area contributed by atoms with E-state index in [0.29, 0.717) is 13.1 Å². The Hall–Kier alpha value is -1.13. The molecule has 1 saturated carbocycles. The predicted octanol–water partition coefficient (Wildman–Crippen LogP) is 3.16. The van der Waals surface area contributed by atoms with Crippen LogP contribution in [-0.2, 0) is 4.79 Å². The summed E-state index contributed by atoms with van der Waals surface area (Å²) in [4.78, 5) is 14.1. The van der Waals surface area contributed by atoms with Crippen LogP contribution in [0.1, 0.15) is 38.3 Å². The second-order valence-corrected chi connectivity index (χ2v) is 5.48. The molecule has 21 heavy (non-hydrogen) atoms. The lowest BCUT2D eigenvalue weighted by molar-refractivity contribution is -0.132. The van der Waals surface area contributed by atoms with Crippen LogP contribution in [0, 0.1) is 11.7 Å². The second-order valence-electron chi connectivity index (χ2n) is 5.48. The molecule has 1 N–H and O–H groups in total. The van der Waals surface area contributed by atoms with Gasteiger partial charge < -0.3 is 10.2 Å². The van der Waals surface area contributed by atoms with Gasteiger partial charge in [-0.2, -0.15) is 0 Å². The SMILES string of the molecule is CCN(C(=O)CNCC1CC1)C(C)c1ccc(F)cc1.Cl. The summed E-state index contributed by atoms with van der Waals surface area (Å²) in [7, 11) is 0. The molecule has 1 atom stereocenters. The zero-order valence-electron chi connectivity index (χ0n) is 12.6. The van der Waals surface area contributed by atoms with Crippen molar-refractivity contribution in [3.05, 3.63) is 35.6 Å². The molecular formula is C16H24ClFN2O. The molecule has 0 radical (unpaired) electrons. The normalized spacial score (nSPS) is 15.2. The first-order valence-corrected chi connectivity index (χ1v) is 7.37. The summed E-state index contributed by atoms with van der Waals surface area (Å²) in [5.41, 5.74) is 0.962. The Balaban J connectivity index is 0.00000220. The highest BCUT2D eigenvalue weighted by Gasteiger charge is 2.23. The van der Waals surface area contributed by atoms with E-state index in [1.807, 2.05) is 18.7 Å². The van der Waals surface area contributed by atoms with Crippen LogP contribution in [0.5, 0.6) is 0 Å². The Bertz CT molecular complexity index is 448. The van der Waals surface area contributed by atoms with Gasteiger partial charge in [0.15, 0.2) is 0 Å². The van der Waals surface area contributed by atoms with Gasteiger partial charge in [0.25, 0.3) is 0 Å². The van der Waals surface area contributed by atoms with Crippen molar-refractivity contribution in [1.82, 2.24) is 10.2 Å². The van der Waals surface area contributed by atoms with Crippen LogP contribution in [-0.4, -0.2) is 30.4 Å². The van der Waals surface area contributed by atoms with Crippen LogP contribution in [0.4, 0.5) is 4.39 Å². The highest BCUT2D eigenvalue weighted by Crippen LogP contribution is 2.27. The lowest BCUT2D eigenvalue weighted by Gasteiger charge is -2.28. The fraction of sp³-hybridized carbons (Fsp3) is 0.562. The molecule has 1 unspecified atom stereocenters. The molecule has 0 spiro atoms. The minimum absolute atomic E-state index is 0. The molecule has 0 bridgehead atoms. The highest BCUT2D eigenvalue weighted by molar-refractivity contribution is 5.85. The number of hydrogen-bond acceptors (Lipinski definition) is 2. The summed E-state index contributed by atoms with van der Waals surface area (Å²) >= 11 is 0. The molecule has 2 rings (SSSR count). The smallest absolute Gasteiger partial charge is 0.237 e. The maximum Gasteiger partial charge on any atom is 0.237 e. The average Bonchev–Trinajstić information content (AvgIpc) is 3.24. The summed E-state index contributed by atoms with van der Waals surface area (Å²) in [5.74, 6) is 0.624. The third kappa shape index (κ3) is 5.29. The van der Waals surface area contributed by atoms with Crippen molar-refractivity contribution in [1.29, 1.82) is 0 Å². The van der Waals surface area contributed by atoms with Crippen molar-refractivity contribution in [2.24, 2.45) is 5.92 Å². The highest BCUT2D eigenvalue weighted by atomic mass is 35.5. The zero-order valence-corrected chi connectivity index (χ0v) is 13.5. The van der Waals surface area contributed by atoms with Crippen molar-refractivity contribution in [3.63, 3.8) is 0 Å². The number of nitrogens with one attached hydrogen (secondary N) is 1. The first kappa shape index (κ1) is 17.9. The Morgan fingerprint density at radius 1 is 1.38 bits per heavy atom. The summed E-state index contributed by atoms with van der Waals surface area (Å²) in [6.45, 7) is 5.93. The van der Waals surface area contributed by atoms with Gasteiger partial charge in [0.2, 0.25) is 5.91 Å². The quantitative estimate of drug-likeness (QED) is 0.838. The lowest BCUT2D eigenvalue weighted by atomic mass is 10.1. The molecule has 1 aromatic carbocycles. The van der Waals surface area contributed by atoms with Gasteiger partial charge >= 0.3 is 0 Å². The predicted molar refractivity (Wildman–Crippen MR) is 85.0 cm³/mol. The Kier molecular flexibility index (Phi) is 7.12. The third-order valence-corrected chi connectivity index (χ3v) is 3.89. The molecule has 0 heterocycles. The Labute approximate surface area is 132 Å². The van der Waals surface area contributed by atoms with Crippen molar-refractivity contribution >= 4 is 18.3 Å². The molecule has 1 amide bonds. The number of hydrogen-bond donors (Lipinski definition) is 1. The van der Waals surface area contributed by atoms with E-state index in [1.165, 1.54) is 25.0 Å². The maximum atomic E-state index is 12.9. The van der Waals surface area contributed by atoms with Crippen LogP contribution >= 0.6 is 12.4 Å². The summed E-state index contributed by atoms with van der Waals surface area (Å²) in [6.07, 6.45) is 2.56. The van der Waals surface area contributed by atoms with Gasteiger partial charge in [0.05, 0.1) is 12.6 Å². The summed E-state index contributed by atoms with van der Waals surface area (Å²) in [6, 6.07) is 6.34. The third-order valence-electron chi connectivity index (χ3n) is 3.89. The van der Waals surface area contributed by atoms with E-state index < -0.39 is 0 Å². The molecule has 1 aliphatic rings. The van der Waals surface area contributed by atoms with Crippen molar-refractivity contribution in [3.8, 4) is 0 Å². The molecule has 0 aromatic heterocycles. The first-order valence-electron chi connectivity index (χ1n) is 7.37. The molecule has 0 aliphatic heterocycles. The minimum Gasteiger partial charge on any atom is -0.335 e. The number of rotatable bonds is 7. The van der Waals surface area contributed by atoms with Crippen LogP contribution in [0.3, 0.4) is 0 Å². The standard InChI is InChI=1S/C16H23FN2O.ClH/c1-3-19(16(20)11-18-10-13-4-5-13)12(2)14-6-8-15(17)9-7-14;/h6-9,12-13,18H,3-5,10-11H2,1-2H3;1H. The molecule has 1 fully saturated rings. The number of amides is 1. The molecule has 118 valence electrons. The number of carbonyl (C=O) groups excluding carboxylic acids is 1. The van der Waals surface area contributed by atoms with Crippen LogP contribution < -0.4 is 5.32 Å². The van der Waals surface area contributed by atoms with Crippen molar-refractivity contribution < 1.29 is 9.18 Å². The average molecular weight is 315 g/mol. The topological polar surface area (TPSA) is 32.3 Å². The number of carbonyl (C=O) groups is 1. The van der Waals surface area contributed by atoms with E-state index in [0.717, 1.165) is 18.0 Å². The van der Waals surface area contributed by atoms with E-state index in [-0.39, 0.29) is 30.2 Å². The van der Waals surface area contributed by atoms with E-state index in [2.05, 4.69) is 5.32 Å². The number of nitrogens with zero attached hydrogens (tertiary/aromatic N) is 1. The van der Waals surface area contributed by atoms with Crippen LogP contribution in [0.2, 0.25) is 0 Å². The minimum atomic E-state index is -0.249. The van der Waals surface area contributed by atoms with E-state index in [9.17, 15) is 9.18 Å². The zero-order chi connectivity index (χ0) is 14.5. The molecular weight excluding hydrogens is 291 g/mol. The lowest BCUT2D eigenvalue weighted by Crippen LogP contribution is -2.40. The number of halogens is 2. The van der Waals surface area contributed by atoms with E-state index >= 15 is 0 Å². The fourth-order valence-electron chi connectivity index (χ4n) is 2.39. The molecule has 0 saturated heterocycles.